The molecule has 0 fully saturated rings. The van der Waals surface area contributed by atoms with Gasteiger partial charge in [-0.2, -0.15) is 5.10 Å². The number of carbonyl (C=O) groups is 1. The molecule has 0 bridgehead atoms. The van der Waals surface area contributed by atoms with Crippen LogP contribution in [0, 0.1) is 6.92 Å². The van der Waals surface area contributed by atoms with Gasteiger partial charge in [0.15, 0.2) is 0 Å². The Morgan fingerprint density at radius 1 is 1.75 bits per heavy atom. The first kappa shape index (κ1) is 8.77. The van der Waals surface area contributed by atoms with E-state index in [1.165, 1.54) is 6.92 Å². The molecule has 0 unspecified atom stereocenters. The summed E-state index contributed by atoms with van der Waals surface area (Å²) < 4.78 is 6.50. The Labute approximate surface area is 71.1 Å². The summed E-state index contributed by atoms with van der Waals surface area (Å²) in [5, 5.41) is 4.13. The minimum Gasteiger partial charge on any atom is -0.464 e. The van der Waals surface area contributed by atoms with E-state index in [0.717, 1.165) is 5.69 Å². The lowest BCUT2D eigenvalue weighted by atomic mass is 10.5. The van der Waals surface area contributed by atoms with Gasteiger partial charge in [-0.05, 0) is 13.0 Å². The topological polar surface area (TPSA) is 44.1 Å². The van der Waals surface area contributed by atoms with Crippen LogP contribution in [0.5, 0.6) is 0 Å². The van der Waals surface area contributed by atoms with Crippen LogP contribution in [0.1, 0.15) is 12.6 Å². The molecule has 66 valence electrons. The van der Waals surface area contributed by atoms with Gasteiger partial charge in [-0.3, -0.25) is 9.48 Å². The number of aromatic nitrogens is 2. The number of carbonyl (C=O) groups excluding carboxylic acids is 1. The van der Waals surface area contributed by atoms with Gasteiger partial charge in [-0.1, -0.05) is 0 Å². The van der Waals surface area contributed by atoms with E-state index in [9.17, 15) is 4.79 Å². The number of ether oxygens (including phenoxy) is 1. The van der Waals surface area contributed by atoms with Crippen molar-refractivity contribution < 1.29 is 9.53 Å². The maximum Gasteiger partial charge on any atom is 0.302 e. The lowest BCUT2D eigenvalue weighted by Gasteiger charge is -2.01. The molecule has 12 heavy (non-hydrogen) atoms. The highest BCUT2D eigenvalue weighted by molar-refractivity contribution is 5.65. The monoisotopic (exact) mass is 168 g/mol. The fourth-order valence-corrected chi connectivity index (χ4v) is 0.871. The summed E-state index contributed by atoms with van der Waals surface area (Å²) in [7, 11) is 0. The lowest BCUT2D eigenvalue weighted by molar-refractivity contribution is -0.141. The highest BCUT2D eigenvalue weighted by Crippen LogP contribution is 1.92. The maximum absolute atomic E-state index is 10.4. The summed E-state index contributed by atoms with van der Waals surface area (Å²) in [6.07, 6.45) is 1.86. The molecule has 0 aliphatic heterocycles. The summed E-state index contributed by atoms with van der Waals surface area (Å²) in [6, 6.07) is 1.91. The van der Waals surface area contributed by atoms with Gasteiger partial charge in [0.2, 0.25) is 0 Å². The standard InChI is InChI=1S/C8H12N2O2/c1-7-3-4-10(9-7)5-6-12-8(2)11/h3-4H,5-6H2,1-2H3. The van der Waals surface area contributed by atoms with Crippen molar-refractivity contribution >= 4 is 5.97 Å². The van der Waals surface area contributed by atoms with Crippen molar-refractivity contribution in [2.75, 3.05) is 6.61 Å². The molecular formula is C8H12N2O2. The number of aryl methyl sites for hydroxylation is 1. The molecule has 1 rings (SSSR count). The predicted octanol–water partition coefficient (Wildman–Crippen LogP) is 0.755. The van der Waals surface area contributed by atoms with Crippen molar-refractivity contribution in [2.45, 2.75) is 20.4 Å². The average molecular weight is 168 g/mol. The fourth-order valence-electron chi connectivity index (χ4n) is 0.871. The summed E-state index contributed by atoms with van der Waals surface area (Å²) in [5.41, 5.74) is 0.970. The molecule has 4 heteroatoms. The SMILES string of the molecule is CC(=O)OCCn1ccc(C)n1. The van der Waals surface area contributed by atoms with Crippen molar-refractivity contribution in [1.29, 1.82) is 0 Å². The molecule has 0 radical (unpaired) electrons. The van der Waals surface area contributed by atoms with Crippen LogP contribution in [0.3, 0.4) is 0 Å². The van der Waals surface area contributed by atoms with Crippen LogP contribution >= 0.6 is 0 Å². The molecule has 1 aromatic heterocycles. The Balaban J connectivity index is 2.29. The van der Waals surface area contributed by atoms with E-state index < -0.39 is 0 Å². The van der Waals surface area contributed by atoms with Crippen LogP contribution in [-0.2, 0) is 16.1 Å². The second-order valence-corrected chi connectivity index (χ2v) is 2.56. The zero-order valence-corrected chi connectivity index (χ0v) is 7.28. The smallest absolute Gasteiger partial charge is 0.302 e. The van der Waals surface area contributed by atoms with Crippen LogP contribution in [0.25, 0.3) is 0 Å². The highest BCUT2D eigenvalue weighted by atomic mass is 16.5. The molecule has 0 aliphatic rings. The summed E-state index contributed by atoms with van der Waals surface area (Å²) >= 11 is 0. The largest absolute Gasteiger partial charge is 0.464 e. The van der Waals surface area contributed by atoms with Gasteiger partial charge >= 0.3 is 5.97 Å². The number of esters is 1. The number of hydrogen-bond donors (Lipinski definition) is 0. The van der Waals surface area contributed by atoms with Gasteiger partial charge in [0.1, 0.15) is 6.61 Å². The molecule has 0 atom stereocenters. The molecule has 0 amide bonds. The Morgan fingerprint density at radius 3 is 3.00 bits per heavy atom. The van der Waals surface area contributed by atoms with Crippen LogP contribution < -0.4 is 0 Å². The van der Waals surface area contributed by atoms with E-state index in [1.54, 1.807) is 4.68 Å². The van der Waals surface area contributed by atoms with Crippen molar-refractivity contribution in [2.24, 2.45) is 0 Å². The Bertz CT molecular complexity index is 268. The zero-order chi connectivity index (χ0) is 8.97. The van der Waals surface area contributed by atoms with E-state index in [2.05, 4.69) is 5.10 Å². The predicted molar refractivity (Wildman–Crippen MR) is 43.6 cm³/mol. The van der Waals surface area contributed by atoms with E-state index in [-0.39, 0.29) is 5.97 Å². The quantitative estimate of drug-likeness (QED) is 0.626. The first-order chi connectivity index (χ1) is 5.68. The Hall–Kier alpha value is -1.32. The molecule has 0 saturated heterocycles. The maximum atomic E-state index is 10.4. The van der Waals surface area contributed by atoms with Crippen molar-refractivity contribution in [3.63, 3.8) is 0 Å². The first-order valence-electron chi connectivity index (χ1n) is 3.82. The van der Waals surface area contributed by atoms with Crippen LogP contribution in [-0.4, -0.2) is 22.4 Å². The molecule has 0 N–H and O–H groups in total. The van der Waals surface area contributed by atoms with Gasteiger partial charge in [0.25, 0.3) is 0 Å². The third-order valence-corrected chi connectivity index (χ3v) is 1.40. The second kappa shape index (κ2) is 3.90. The zero-order valence-electron chi connectivity index (χ0n) is 7.28. The van der Waals surface area contributed by atoms with E-state index >= 15 is 0 Å². The summed E-state index contributed by atoms with van der Waals surface area (Å²) in [5.74, 6) is -0.251. The molecule has 1 aromatic rings. The van der Waals surface area contributed by atoms with E-state index in [1.807, 2.05) is 19.2 Å². The van der Waals surface area contributed by atoms with Crippen LogP contribution in [0.2, 0.25) is 0 Å². The summed E-state index contributed by atoms with van der Waals surface area (Å²) in [6.45, 7) is 4.32. The van der Waals surface area contributed by atoms with Crippen molar-refractivity contribution in [3.8, 4) is 0 Å². The molecule has 0 saturated carbocycles. The van der Waals surface area contributed by atoms with Crippen LogP contribution in [0.4, 0.5) is 0 Å². The molecular weight excluding hydrogens is 156 g/mol. The highest BCUT2D eigenvalue weighted by Gasteiger charge is 1.95. The first-order valence-corrected chi connectivity index (χ1v) is 3.82. The van der Waals surface area contributed by atoms with Crippen molar-refractivity contribution in [1.82, 2.24) is 9.78 Å². The molecule has 4 nitrogen and oxygen atoms in total. The third kappa shape index (κ3) is 2.74. The average Bonchev–Trinajstić information content (AvgIpc) is 2.35. The Kier molecular flexibility index (Phi) is 2.85. The molecule has 0 spiro atoms. The van der Waals surface area contributed by atoms with Crippen LogP contribution in [0.15, 0.2) is 12.3 Å². The lowest BCUT2D eigenvalue weighted by Crippen LogP contribution is -2.09. The number of nitrogens with zero attached hydrogens (tertiary/aromatic N) is 2. The van der Waals surface area contributed by atoms with E-state index in [4.69, 9.17) is 4.74 Å². The second-order valence-electron chi connectivity index (χ2n) is 2.56. The van der Waals surface area contributed by atoms with Gasteiger partial charge in [0, 0.05) is 13.1 Å². The minimum atomic E-state index is -0.251. The van der Waals surface area contributed by atoms with Gasteiger partial charge in [0.05, 0.1) is 12.2 Å². The number of hydrogen-bond acceptors (Lipinski definition) is 3. The van der Waals surface area contributed by atoms with Gasteiger partial charge in [-0.25, -0.2) is 0 Å². The third-order valence-electron chi connectivity index (χ3n) is 1.40. The normalized spacial score (nSPS) is 9.83. The molecule has 0 aliphatic carbocycles. The van der Waals surface area contributed by atoms with Crippen molar-refractivity contribution in [3.05, 3.63) is 18.0 Å². The fraction of sp³-hybridized carbons (Fsp3) is 0.500. The molecule has 1 heterocycles. The van der Waals surface area contributed by atoms with Gasteiger partial charge < -0.3 is 4.74 Å². The summed E-state index contributed by atoms with van der Waals surface area (Å²) in [4.78, 5) is 10.4. The molecule has 0 aromatic carbocycles. The Morgan fingerprint density at radius 2 is 2.50 bits per heavy atom. The van der Waals surface area contributed by atoms with Gasteiger partial charge in [-0.15, -0.1) is 0 Å². The minimum absolute atomic E-state index is 0.251. The van der Waals surface area contributed by atoms with E-state index in [0.29, 0.717) is 13.2 Å². The number of rotatable bonds is 3.